The molecule has 1 N–H and O–H groups in total. The summed E-state index contributed by atoms with van der Waals surface area (Å²) in [4.78, 5) is 0. The van der Waals surface area contributed by atoms with E-state index in [1.807, 2.05) is 18.2 Å². The van der Waals surface area contributed by atoms with E-state index in [0.717, 1.165) is 30.2 Å². The molecule has 4 heteroatoms. The molecule has 2 atom stereocenters. The van der Waals surface area contributed by atoms with Crippen molar-refractivity contribution < 1.29 is 9.47 Å². The molecule has 1 aliphatic carbocycles. The average Bonchev–Trinajstić information content (AvgIpc) is 3.11. The summed E-state index contributed by atoms with van der Waals surface area (Å²) < 4.78 is 11.6. The maximum Gasteiger partial charge on any atom is 0.0968 e. The fourth-order valence-electron chi connectivity index (χ4n) is 2.38. The van der Waals surface area contributed by atoms with Crippen molar-refractivity contribution in [2.24, 2.45) is 0 Å². The van der Waals surface area contributed by atoms with Crippen molar-refractivity contribution in [1.82, 2.24) is 5.32 Å². The largest absolute Gasteiger partial charge is 0.379 e. The maximum absolute atomic E-state index is 6.30. The predicted octanol–water partition coefficient (Wildman–Crippen LogP) is 2.94. The van der Waals surface area contributed by atoms with Gasteiger partial charge in [0.05, 0.1) is 18.8 Å². The Balaban J connectivity index is 1.68. The van der Waals surface area contributed by atoms with E-state index in [0.29, 0.717) is 12.6 Å². The van der Waals surface area contributed by atoms with Gasteiger partial charge in [0.2, 0.25) is 0 Å². The molecule has 19 heavy (non-hydrogen) atoms. The minimum Gasteiger partial charge on any atom is -0.379 e. The van der Waals surface area contributed by atoms with Crippen LogP contribution in [0.5, 0.6) is 0 Å². The number of ether oxygens (including phenoxy) is 2. The molecule has 1 saturated heterocycles. The van der Waals surface area contributed by atoms with E-state index >= 15 is 0 Å². The van der Waals surface area contributed by atoms with Crippen molar-refractivity contribution in [3.05, 3.63) is 34.9 Å². The zero-order chi connectivity index (χ0) is 13.1. The van der Waals surface area contributed by atoms with Gasteiger partial charge in [0.1, 0.15) is 0 Å². The van der Waals surface area contributed by atoms with Crippen molar-refractivity contribution in [2.75, 3.05) is 19.8 Å². The Bertz CT molecular complexity index is 416. The average molecular weight is 282 g/mol. The second-order valence-corrected chi connectivity index (χ2v) is 5.72. The van der Waals surface area contributed by atoms with Gasteiger partial charge in [-0.3, -0.25) is 0 Å². The molecule has 0 spiro atoms. The normalized spacial score (nSPS) is 24.6. The van der Waals surface area contributed by atoms with Gasteiger partial charge in [-0.05, 0) is 25.3 Å². The lowest BCUT2D eigenvalue weighted by molar-refractivity contribution is -0.0165. The molecule has 0 amide bonds. The van der Waals surface area contributed by atoms with Crippen LogP contribution in [0.1, 0.15) is 30.9 Å². The molecule has 0 bridgehead atoms. The van der Waals surface area contributed by atoms with Crippen LogP contribution < -0.4 is 5.32 Å². The summed E-state index contributed by atoms with van der Waals surface area (Å²) in [5.41, 5.74) is 1.07. The first-order chi connectivity index (χ1) is 9.33. The highest BCUT2D eigenvalue weighted by atomic mass is 35.5. The lowest BCUT2D eigenvalue weighted by Gasteiger charge is -2.23. The van der Waals surface area contributed by atoms with Crippen molar-refractivity contribution in [1.29, 1.82) is 0 Å². The minimum absolute atomic E-state index is 0.0148. The van der Waals surface area contributed by atoms with Crippen molar-refractivity contribution >= 4 is 11.6 Å². The third kappa shape index (κ3) is 3.69. The summed E-state index contributed by atoms with van der Waals surface area (Å²) in [5, 5.41) is 4.31. The van der Waals surface area contributed by atoms with Gasteiger partial charge in [-0.25, -0.2) is 0 Å². The molecule has 1 aromatic carbocycles. The van der Waals surface area contributed by atoms with Crippen molar-refractivity contribution in [2.45, 2.75) is 37.5 Å². The molecule has 0 aromatic heterocycles. The molecule has 0 radical (unpaired) electrons. The third-order valence-corrected chi connectivity index (χ3v) is 4.01. The van der Waals surface area contributed by atoms with Gasteiger partial charge in [-0.15, -0.1) is 0 Å². The number of nitrogens with one attached hydrogen (secondary N) is 1. The first-order valence-electron chi connectivity index (χ1n) is 7.04. The summed E-state index contributed by atoms with van der Waals surface area (Å²) in [6, 6.07) is 8.62. The maximum atomic E-state index is 6.30. The monoisotopic (exact) mass is 281 g/mol. The highest BCUT2D eigenvalue weighted by molar-refractivity contribution is 6.31. The van der Waals surface area contributed by atoms with E-state index in [1.54, 1.807) is 0 Å². The van der Waals surface area contributed by atoms with Crippen molar-refractivity contribution in [3.8, 4) is 0 Å². The molecule has 104 valence electrons. The molecule has 2 fully saturated rings. The van der Waals surface area contributed by atoms with Gasteiger partial charge in [0.25, 0.3) is 0 Å². The third-order valence-electron chi connectivity index (χ3n) is 3.67. The molecule has 1 aliphatic heterocycles. The SMILES string of the molecule is Clc1ccccc1C(CNC1CC1)OC1CCOC1. The second kappa shape index (κ2) is 6.23. The molecule has 1 saturated carbocycles. The molecule has 3 rings (SSSR count). The predicted molar refractivity (Wildman–Crippen MR) is 75.5 cm³/mol. The van der Waals surface area contributed by atoms with Crippen molar-refractivity contribution in [3.63, 3.8) is 0 Å². The molecule has 1 heterocycles. The lowest BCUT2D eigenvalue weighted by Crippen LogP contribution is -2.28. The second-order valence-electron chi connectivity index (χ2n) is 5.31. The first kappa shape index (κ1) is 13.4. The lowest BCUT2D eigenvalue weighted by atomic mass is 10.1. The highest BCUT2D eigenvalue weighted by Gasteiger charge is 2.26. The van der Waals surface area contributed by atoms with E-state index in [2.05, 4.69) is 11.4 Å². The summed E-state index contributed by atoms with van der Waals surface area (Å²) in [6.45, 7) is 2.32. The van der Waals surface area contributed by atoms with Crippen LogP contribution >= 0.6 is 11.6 Å². The molecule has 2 unspecified atom stereocenters. The summed E-state index contributed by atoms with van der Waals surface area (Å²) in [6.07, 6.45) is 3.75. The minimum atomic E-state index is 0.0148. The molecule has 2 aliphatic rings. The number of hydrogen-bond donors (Lipinski definition) is 1. The summed E-state index contributed by atoms with van der Waals surface area (Å²) >= 11 is 6.30. The fourth-order valence-corrected chi connectivity index (χ4v) is 2.64. The number of rotatable bonds is 6. The Labute approximate surface area is 119 Å². The van der Waals surface area contributed by atoms with Gasteiger partial charge in [-0.2, -0.15) is 0 Å². The van der Waals surface area contributed by atoms with Crippen LogP contribution in [0.15, 0.2) is 24.3 Å². The standard InChI is InChI=1S/C15H20ClNO2/c16-14-4-2-1-3-13(14)15(9-17-11-5-6-11)19-12-7-8-18-10-12/h1-4,11-12,15,17H,5-10H2. The Morgan fingerprint density at radius 2 is 2.16 bits per heavy atom. The topological polar surface area (TPSA) is 30.5 Å². The van der Waals surface area contributed by atoms with Crippen LogP contribution in [0.2, 0.25) is 5.02 Å². The number of halogens is 1. The van der Waals surface area contributed by atoms with Gasteiger partial charge in [-0.1, -0.05) is 29.8 Å². The van der Waals surface area contributed by atoms with Gasteiger partial charge >= 0.3 is 0 Å². The van der Waals surface area contributed by atoms with Gasteiger partial charge < -0.3 is 14.8 Å². The molecule has 1 aromatic rings. The molecule has 3 nitrogen and oxygen atoms in total. The van der Waals surface area contributed by atoms with Crippen LogP contribution in [0.25, 0.3) is 0 Å². The van der Waals surface area contributed by atoms with E-state index in [4.69, 9.17) is 21.1 Å². The van der Waals surface area contributed by atoms with Crippen LogP contribution in [-0.2, 0) is 9.47 Å². The number of benzene rings is 1. The van der Waals surface area contributed by atoms with Crippen LogP contribution in [0, 0.1) is 0 Å². The quantitative estimate of drug-likeness (QED) is 0.870. The number of hydrogen-bond acceptors (Lipinski definition) is 3. The Hall–Kier alpha value is -0.610. The Morgan fingerprint density at radius 1 is 1.32 bits per heavy atom. The van der Waals surface area contributed by atoms with Gasteiger partial charge in [0.15, 0.2) is 0 Å². The van der Waals surface area contributed by atoms with E-state index in [-0.39, 0.29) is 12.2 Å². The zero-order valence-corrected chi connectivity index (χ0v) is 11.7. The first-order valence-corrected chi connectivity index (χ1v) is 7.42. The van der Waals surface area contributed by atoms with E-state index < -0.39 is 0 Å². The van der Waals surface area contributed by atoms with Crippen LogP contribution in [0.3, 0.4) is 0 Å². The van der Waals surface area contributed by atoms with E-state index in [1.165, 1.54) is 12.8 Å². The van der Waals surface area contributed by atoms with E-state index in [9.17, 15) is 0 Å². The molecular formula is C15H20ClNO2. The zero-order valence-electron chi connectivity index (χ0n) is 11.0. The molecular weight excluding hydrogens is 262 g/mol. The van der Waals surface area contributed by atoms with Gasteiger partial charge in [0, 0.05) is 29.8 Å². The Morgan fingerprint density at radius 3 is 2.84 bits per heavy atom. The Kier molecular flexibility index (Phi) is 4.38. The smallest absolute Gasteiger partial charge is 0.0968 e. The van der Waals surface area contributed by atoms with Crippen LogP contribution in [0.4, 0.5) is 0 Å². The van der Waals surface area contributed by atoms with Crippen LogP contribution in [-0.4, -0.2) is 31.9 Å². The fraction of sp³-hybridized carbons (Fsp3) is 0.600. The highest BCUT2D eigenvalue weighted by Crippen LogP contribution is 2.29. The summed E-state index contributed by atoms with van der Waals surface area (Å²) in [5.74, 6) is 0. The summed E-state index contributed by atoms with van der Waals surface area (Å²) in [7, 11) is 0.